The monoisotopic (exact) mass is 235 g/mol. The Balaban J connectivity index is 1.97. The summed E-state index contributed by atoms with van der Waals surface area (Å²) in [5.41, 5.74) is -0.0765. The Morgan fingerprint density at radius 2 is 1.41 bits per heavy atom. The van der Waals surface area contributed by atoms with Gasteiger partial charge in [-0.05, 0) is 37.8 Å². The van der Waals surface area contributed by atoms with Crippen LogP contribution in [0.4, 0.5) is 0 Å². The molecular weight excluding hydrogens is 212 g/mol. The molecule has 2 heteroatoms. The minimum Gasteiger partial charge on any atom is -0.450 e. The van der Waals surface area contributed by atoms with Gasteiger partial charge in [0.1, 0.15) is 0 Å². The van der Waals surface area contributed by atoms with Crippen molar-refractivity contribution in [2.45, 2.75) is 59.3 Å². The van der Waals surface area contributed by atoms with Crippen LogP contribution in [0.2, 0.25) is 0 Å². The fourth-order valence-corrected chi connectivity index (χ4v) is 2.03. The van der Waals surface area contributed by atoms with E-state index in [1.165, 1.54) is 12.8 Å². The Hall–Kier alpha value is -0.920. The molecule has 0 saturated heterocycles. The molecular formula is C15H23O2. The van der Waals surface area contributed by atoms with Crippen LogP contribution >= 0.6 is 0 Å². The first kappa shape index (κ1) is 12.5. The number of hydrogen-bond acceptors (Lipinski definition) is 2. The maximum Gasteiger partial charge on any atom is 0.334 e. The Bertz CT molecular complexity index is 294. The molecule has 0 heterocycles. The Morgan fingerprint density at radius 3 is 1.71 bits per heavy atom. The standard InChI is InChI=1S/C15H23O2/c1-15(2,3)14(16-12-8-4-5-9-12)17-13-10-6-7-11-13/h8,10H,4-7,9,11H2,1-3H3. The summed E-state index contributed by atoms with van der Waals surface area (Å²) in [6.45, 7) is 6.40. The van der Waals surface area contributed by atoms with Crippen molar-refractivity contribution in [3.05, 3.63) is 30.0 Å². The van der Waals surface area contributed by atoms with Crippen molar-refractivity contribution >= 4 is 0 Å². The molecule has 0 bridgehead atoms. The number of ether oxygens (including phenoxy) is 2. The maximum absolute atomic E-state index is 5.95. The predicted molar refractivity (Wildman–Crippen MR) is 68.7 cm³/mol. The second kappa shape index (κ2) is 5.16. The lowest BCUT2D eigenvalue weighted by Gasteiger charge is -2.29. The molecule has 0 aliphatic heterocycles. The zero-order valence-corrected chi connectivity index (χ0v) is 11.2. The summed E-state index contributed by atoms with van der Waals surface area (Å²) in [5, 5.41) is 0. The van der Waals surface area contributed by atoms with Gasteiger partial charge < -0.3 is 9.47 Å². The van der Waals surface area contributed by atoms with Crippen LogP contribution in [0.1, 0.15) is 59.3 Å². The van der Waals surface area contributed by atoms with Gasteiger partial charge in [0.2, 0.25) is 0 Å². The first-order valence-electron chi connectivity index (χ1n) is 6.67. The molecule has 2 nitrogen and oxygen atoms in total. The Kier molecular flexibility index (Phi) is 3.80. The van der Waals surface area contributed by atoms with Gasteiger partial charge in [0.25, 0.3) is 0 Å². The molecule has 0 fully saturated rings. The molecule has 0 unspecified atom stereocenters. The van der Waals surface area contributed by atoms with Crippen LogP contribution in [0.25, 0.3) is 0 Å². The second-order valence-corrected chi connectivity index (χ2v) is 5.87. The normalized spacial score (nSPS) is 20.5. The van der Waals surface area contributed by atoms with Crippen LogP contribution in [-0.2, 0) is 9.47 Å². The van der Waals surface area contributed by atoms with E-state index in [2.05, 4.69) is 32.9 Å². The van der Waals surface area contributed by atoms with Crippen molar-refractivity contribution in [1.82, 2.24) is 0 Å². The van der Waals surface area contributed by atoms with Crippen LogP contribution in [0.5, 0.6) is 0 Å². The van der Waals surface area contributed by atoms with E-state index >= 15 is 0 Å². The fraction of sp³-hybridized carbons (Fsp3) is 0.667. The smallest absolute Gasteiger partial charge is 0.334 e. The van der Waals surface area contributed by atoms with E-state index in [4.69, 9.17) is 9.47 Å². The fourth-order valence-electron chi connectivity index (χ4n) is 2.03. The van der Waals surface area contributed by atoms with Crippen molar-refractivity contribution in [2.75, 3.05) is 0 Å². The van der Waals surface area contributed by atoms with Gasteiger partial charge in [-0.15, -0.1) is 0 Å². The zero-order chi connectivity index (χ0) is 12.3. The van der Waals surface area contributed by atoms with Crippen molar-refractivity contribution in [3.8, 4) is 0 Å². The molecule has 0 aromatic heterocycles. The summed E-state index contributed by atoms with van der Waals surface area (Å²) in [4.78, 5) is 0. The summed E-state index contributed by atoms with van der Waals surface area (Å²) < 4.78 is 11.9. The molecule has 2 aliphatic rings. The molecule has 95 valence electrons. The summed E-state index contributed by atoms with van der Waals surface area (Å²) in [5.74, 6) is 2.15. The van der Waals surface area contributed by atoms with E-state index in [0.717, 1.165) is 43.5 Å². The van der Waals surface area contributed by atoms with E-state index in [-0.39, 0.29) is 5.41 Å². The predicted octanol–water partition coefficient (Wildman–Crippen LogP) is 4.69. The lowest BCUT2D eigenvalue weighted by Crippen LogP contribution is -2.23. The Labute approximate surface area is 105 Å². The Morgan fingerprint density at radius 1 is 0.941 bits per heavy atom. The lowest BCUT2D eigenvalue weighted by molar-refractivity contribution is -0.0454. The van der Waals surface area contributed by atoms with Crippen LogP contribution in [0, 0.1) is 11.7 Å². The van der Waals surface area contributed by atoms with Gasteiger partial charge in [0.05, 0.1) is 11.5 Å². The van der Waals surface area contributed by atoms with Gasteiger partial charge in [-0.25, -0.2) is 0 Å². The summed E-state index contributed by atoms with van der Waals surface area (Å²) in [6, 6.07) is 0. The molecule has 0 N–H and O–H groups in total. The number of hydrogen-bond donors (Lipinski definition) is 0. The highest BCUT2D eigenvalue weighted by Crippen LogP contribution is 2.37. The van der Waals surface area contributed by atoms with Gasteiger partial charge in [-0.2, -0.15) is 0 Å². The molecule has 2 rings (SSSR count). The third-order valence-corrected chi connectivity index (χ3v) is 3.06. The third kappa shape index (κ3) is 3.52. The van der Waals surface area contributed by atoms with Crippen molar-refractivity contribution in [2.24, 2.45) is 5.41 Å². The average molecular weight is 235 g/mol. The van der Waals surface area contributed by atoms with Crippen LogP contribution in [0.15, 0.2) is 23.7 Å². The van der Waals surface area contributed by atoms with Gasteiger partial charge in [0.15, 0.2) is 0 Å². The minimum atomic E-state index is -0.0765. The largest absolute Gasteiger partial charge is 0.450 e. The van der Waals surface area contributed by atoms with E-state index in [1.54, 1.807) is 0 Å². The van der Waals surface area contributed by atoms with Crippen LogP contribution < -0.4 is 0 Å². The molecule has 0 spiro atoms. The van der Waals surface area contributed by atoms with Crippen molar-refractivity contribution in [1.29, 1.82) is 0 Å². The van der Waals surface area contributed by atoms with Crippen LogP contribution in [-0.4, -0.2) is 0 Å². The third-order valence-electron chi connectivity index (χ3n) is 3.06. The summed E-state index contributed by atoms with van der Waals surface area (Å²) in [7, 11) is 0. The van der Waals surface area contributed by atoms with Crippen LogP contribution in [0.3, 0.4) is 0 Å². The van der Waals surface area contributed by atoms with E-state index in [1.807, 2.05) is 0 Å². The lowest BCUT2D eigenvalue weighted by atomic mass is 9.96. The summed E-state index contributed by atoms with van der Waals surface area (Å²) >= 11 is 0. The first-order chi connectivity index (χ1) is 8.05. The minimum absolute atomic E-state index is 0.0765. The van der Waals surface area contributed by atoms with E-state index < -0.39 is 0 Å². The summed E-state index contributed by atoms with van der Waals surface area (Å²) in [6.07, 6.45) is 11.9. The SMILES string of the molecule is CC(C)(C)[C](OC1=CCCC1)OC1=CCCC1. The zero-order valence-electron chi connectivity index (χ0n) is 11.2. The van der Waals surface area contributed by atoms with Gasteiger partial charge in [0, 0.05) is 18.3 Å². The van der Waals surface area contributed by atoms with Crippen molar-refractivity contribution in [3.63, 3.8) is 0 Å². The van der Waals surface area contributed by atoms with E-state index in [9.17, 15) is 0 Å². The quantitative estimate of drug-likeness (QED) is 0.703. The number of rotatable bonds is 4. The first-order valence-corrected chi connectivity index (χ1v) is 6.67. The highest BCUT2D eigenvalue weighted by atomic mass is 16.7. The second-order valence-electron chi connectivity index (χ2n) is 5.87. The highest BCUT2D eigenvalue weighted by Gasteiger charge is 2.33. The average Bonchev–Trinajstić information content (AvgIpc) is 2.87. The topological polar surface area (TPSA) is 18.5 Å². The molecule has 0 saturated carbocycles. The molecule has 0 aromatic rings. The molecule has 1 radical (unpaired) electrons. The molecule has 2 aliphatic carbocycles. The van der Waals surface area contributed by atoms with Gasteiger partial charge in [-0.1, -0.05) is 20.8 Å². The molecule has 0 atom stereocenters. The van der Waals surface area contributed by atoms with Gasteiger partial charge in [-0.3, -0.25) is 0 Å². The van der Waals surface area contributed by atoms with Crippen molar-refractivity contribution < 1.29 is 9.47 Å². The molecule has 0 aromatic carbocycles. The van der Waals surface area contributed by atoms with E-state index in [0.29, 0.717) is 0 Å². The maximum atomic E-state index is 5.95. The van der Waals surface area contributed by atoms with Gasteiger partial charge >= 0.3 is 6.29 Å². The number of allylic oxidation sites excluding steroid dienone is 4. The highest BCUT2D eigenvalue weighted by molar-refractivity contribution is 5.06. The molecule has 17 heavy (non-hydrogen) atoms. The molecule has 0 amide bonds.